The van der Waals surface area contributed by atoms with Gasteiger partial charge in [-0.3, -0.25) is 4.52 Å². The lowest BCUT2D eigenvalue weighted by Gasteiger charge is -2.27. The third-order valence-corrected chi connectivity index (χ3v) is 5.77. The average molecular weight is 505 g/mol. The Hall–Kier alpha value is -1.94. The summed E-state index contributed by atoms with van der Waals surface area (Å²) in [5.74, 6) is -0.259. The summed E-state index contributed by atoms with van der Waals surface area (Å²) in [5.41, 5.74) is 4.96. The second-order valence-corrected chi connectivity index (χ2v) is 9.50. The quantitative estimate of drug-likeness (QED) is 0.224. The van der Waals surface area contributed by atoms with E-state index < -0.39 is 38.3 Å². The van der Waals surface area contributed by atoms with E-state index in [1.165, 1.54) is 17.7 Å². The Morgan fingerprint density at radius 1 is 0.941 bits per heavy atom. The summed E-state index contributed by atoms with van der Waals surface area (Å²) < 4.78 is 61.4. The minimum absolute atomic E-state index is 0.0322. The van der Waals surface area contributed by atoms with Crippen LogP contribution in [0.4, 0.5) is 13.2 Å². The van der Waals surface area contributed by atoms with E-state index in [1.807, 2.05) is 30.3 Å². The second-order valence-electron chi connectivity index (χ2n) is 8.26. The monoisotopic (exact) mass is 505 g/mol. The highest BCUT2D eigenvalue weighted by molar-refractivity contribution is 7.46. The number of aryl methyl sites for hydroxylation is 2. The van der Waals surface area contributed by atoms with Crippen LogP contribution in [0.15, 0.2) is 48.5 Å². The SMILES string of the molecule is NC(CO)(CCc1ccc(OCCCCCc2ccccc2)c(C(F)(F)F)c1)COP(=O)(O)O. The maximum absolute atomic E-state index is 13.6. The Bertz CT molecular complexity index is 938. The number of aliphatic hydroxyl groups is 1. The molecule has 11 heteroatoms. The summed E-state index contributed by atoms with van der Waals surface area (Å²) in [6, 6.07) is 13.6. The molecule has 0 aromatic heterocycles. The van der Waals surface area contributed by atoms with E-state index in [9.17, 15) is 22.8 Å². The molecule has 0 radical (unpaired) electrons. The van der Waals surface area contributed by atoms with Gasteiger partial charge in [0.2, 0.25) is 0 Å². The summed E-state index contributed by atoms with van der Waals surface area (Å²) in [6.07, 6.45) is -1.39. The number of rotatable bonds is 14. The summed E-state index contributed by atoms with van der Waals surface area (Å²) in [4.78, 5) is 17.6. The third-order valence-electron chi connectivity index (χ3n) is 5.31. The van der Waals surface area contributed by atoms with Gasteiger partial charge in [-0.2, -0.15) is 13.2 Å². The molecule has 0 heterocycles. The molecule has 0 fully saturated rings. The Balaban J connectivity index is 1.91. The zero-order valence-corrected chi connectivity index (χ0v) is 19.6. The molecule has 34 heavy (non-hydrogen) atoms. The molecular weight excluding hydrogens is 474 g/mol. The number of halogens is 3. The van der Waals surface area contributed by atoms with Gasteiger partial charge in [-0.05, 0) is 61.8 Å². The van der Waals surface area contributed by atoms with Crippen LogP contribution in [0.5, 0.6) is 5.75 Å². The van der Waals surface area contributed by atoms with Crippen molar-refractivity contribution in [2.24, 2.45) is 5.73 Å². The first-order chi connectivity index (χ1) is 15.9. The predicted molar refractivity (Wildman–Crippen MR) is 121 cm³/mol. The van der Waals surface area contributed by atoms with Gasteiger partial charge in [0, 0.05) is 0 Å². The summed E-state index contributed by atoms with van der Waals surface area (Å²) >= 11 is 0. The van der Waals surface area contributed by atoms with E-state index in [-0.39, 0.29) is 25.2 Å². The van der Waals surface area contributed by atoms with Crippen molar-refractivity contribution in [1.29, 1.82) is 0 Å². The van der Waals surface area contributed by atoms with Gasteiger partial charge in [0.15, 0.2) is 0 Å². The number of unbranched alkanes of at least 4 members (excludes halogenated alkanes) is 2. The predicted octanol–water partition coefficient (Wildman–Crippen LogP) is 4.23. The average Bonchev–Trinajstić information content (AvgIpc) is 2.78. The molecule has 0 amide bonds. The Labute approximate surface area is 196 Å². The molecule has 0 saturated carbocycles. The van der Waals surface area contributed by atoms with Crippen LogP contribution in [0, 0.1) is 0 Å². The molecule has 5 N–H and O–H groups in total. The number of nitrogens with two attached hydrogens (primary N) is 1. The zero-order valence-electron chi connectivity index (χ0n) is 18.7. The fourth-order valence-electron chi connectivity index (χ4n) is 3.32. The van der Waals surface area contributed by atoms with Gasteiger partial charge in [-0.1, -0.05) is 36.4 Å². The number of benzene rings is 2. The van der Waals surface area contributed by atoms with Crippen LogP contribution in [0.3, 0.4) is 0 Å². The van der Waals surface area contributed by atoms with Gasteiger partial charge in [0.1, 0.15) is 5.75 Å². The van der Waals surface area contributed by atoms with Crippen molar-refractivity contribution in [1.82, 2.24) is 0 Å². The first kappa shape index (κ1) is 28.3. The van der Waals surface area contributed by atoms with Crippen molar-refractivity contribution in [2.75, 3.05) is 19.8 Å². The largest absolute Gasteiger partial charge is 0.493 e. The van der Waals surface area contributed by atoms with E-state index in [2.05, 4.69) is 4.52 Å². The fraction of sp³-hybridized carbons (Fsp3) is 0.478. The van der Waals surface area contributed by atoms with Crippen LogP contribution >= 0.6 is 7.82 Å². The van der Waals surface area contributed by atoms with Gasteiger partial charge in [-0.15, -0.1) is 0 Å². The Morgan fingerprint density at radius 3 is 2.26 bits per heavy atom. The molecule has 0 saturated heterocycles. The molecule has 0 spiro atoms. The number of phosphoric ester groups is 1. The van der Waals surface area contributed by atoms with Crippen molar-refractivity contribution in [2.45, 2.75) is 50.2 Å². The lowest BCUT2D eigenvalue weighted by molar-refractivity contribution is -0.139. The third kappa shape index (κ3) is 10.1. The number of aliphatic hydroxyl groups excluding tert-OH is 1. The van der Waals surface area contributed by atoms with E-state index in [0.29, 0.717) is 12.0 Å². The Kier molecular flexibility index (Phi) is 10.5. The highest BCUT2D eigenvalue weighted by Gasteiger charge is 2.35. The van der Waals surface area contributed by atoms with Crippen molar-refractivity contribution in [3.05, 3.63) is 65.2 Å². The van der Waals surface area contributed by atoms with Crippen molar-refractivity contribution in [3.8, 4) is 5.75 Å². The molecule has 2 aromatic rings. The van der Waals surface area contributed by atoms with Crippen molar-refractivity contribution >= 4 is 7.82 Å². The smallest absolute Gasteiger partial charge is 0.469 e. The molecule has 0 bridgehead atoms. The first-order valence-electron chi connectivity index (χ1n) is 10.9. The van der Waals surface area contributed by atoms with Gasteiger partial charge >= 0.3 is 14.0 Å². The fourth-order valence-corrected chi connectivity index (χ4v) is 3.74. The highest BCUT2D eigenvalue weighted by atomic mass is 31.2. The molecule has 2 aromatic carbocycles. The molecule has 0 aliphatic carbocycles. The molecular formula is C23H31F3NO6P. The summed E-state index contributed by atoms with van der Waals surface area (Å²) in [5, 5.41) is 9.45. The van der Waals surface area contributed by atoms with Crippen LogP contribution in [0.1, 0.15) is 42.4 Å². The first-order valence-corrected chi connectivity index (χ1v) is 12.4. The lowest BCUT2D eigenvalue weighted by Crippen LogP contribution is -2.48. The van der Waals surface area contributed by atoms with Crippen LogP contribution in [-0.4, -0.2) is 40.3 Å². The molecule has 190 valence electrons. The van der Waals surface area contributed by atoms with Gasteiger partial charge in [-0.25, -0.2) is 4.57 Å². The Morgan fingerprint density at radius 2 is 1.65 bits per heavy atom. The van der Waals surface area contributed by atoms with Crippen LogP contribution in [0.2, 0.25) is 0 Å². The lowest BCUT2D eigenvalue weighted by atomic mass is 9.93. The maximum atomic E-state index is 13.6. The molecule has 7 nitrogen and oxygen atoms in total. The minimum Gasteiger partial charge on any atom is -0.493 e. The van der Waals surface area contributed by atoms with Crippen molar-refractivity contribution < 1.29 is 41.9 Å². The van der Waals surface area contributed by atoms with Crippen LogP contribution in [0.25, 0.3) is 0 Å². The molecule has 1 atom stereocenters. The topological polar surface area (TPSA) is 122 Å². The number of hydrogen-bond acceptors (Lipinski definition) is 5. The van der Waals surface area contributed by atoms with E-state index in [1.54, 1.807) is 0 Å². The molecule has 0 aliphatic heterocycles. The highest BCUT2D eigenvalue weighted by Crippen LogP contribution is 2.38. The van der Waals surface area contributed by atoms with Gasteiger partial charge in [0.05, 0.1) is 30.9 Å². The van der Waals surface area contributed by atoms with Gasteiger partial charge in [0.25, 0.3) is 0 Å². The van der Waals surface area contributed by atoms with E-state index in [0.717, 1.165) is 25.3 Å². The van der Waals surface area contributed by atoms with Crippen LogP contribution < -0.4 is 10.5 Å². The maximum Gasteiger partial charge on any atom is 0.469 e. The molecule has 0 aliphatic rings. The van der Waals surface area contributed by atoms with Crippen LogP contribution in [-0.2, 0) is 28.1 Å². The number of ether oxygens (including phenoxy) is 1. The standard InChI is InChI=1S/C23H31F3NO6P/c24-23(25,26)20-15-19(12-13-22(27,16-28)17-33-34(29,30)31)10-11-21(20)32-14-6-2-5-9-18-7-3-1-4-8-18/h1,3-4,7-8,10-11,15,28H,2,5-6,9,12-14,16-17,27H2,(H2,29,30,31). The number of alkyl halides is 3. The number of phosphoric acid groups is 1. The number of hydrogen-bond donors (Lipinski definition) is 4. The molecule has 1 unspecified atom stereocenters. The van der Waals surface area contributed by atoms with E-state index >= 15 is 0 Å². The minimum atomic E-state index is -4.80. The molecule has 2 rings (SSSR count). The second kappa shape index (κ2) is 12.7. The summed E-state index contributed by atoms with van der Waals surface area (Å²) in [7, 11) is -4.80. The zero-order chi connectivity index (χ0) is 25.2. The van der Waals surface area contributed by atoms with Gasteiger partial charge < -0.3 is 25.4 Å². The van der Waals surface area contributed by atoms with Crippen molar-refractivity contribution in [3.63, 3.8) is 0 Å². The normalized spacial score (nSPS) is 14.1. The summed E-state index contributed by atoms with van der Waals surface area (Å²) in [6.45, 7) is -1.15. The van der Waals surface area contributed by atoms with E-state index in [4.69, 9.17) is 20.3 Å².